The Hall–Kier alpha value is -3.50. The molecule has 35 heavy (non-hydrogen) atoms. The van der Waals surface area contributed by atoms with Gasteiger partial charge in [-0.25, -0.2) is 4.98 Å². The molecule has 10 nitrogen and oxygen atoms in total. The van der Waals surface area contributed by atoms with E-state index in [9.17, 15) is 14.4 Å². The van der Waals surface area contributed by atoms with Crippen molar-refractivity contribution in [3.8, 4) is 5.75 Å². The lowest BCUT2D eigenvalue weighted by Gasteiger charge is -2.31. The minimum absolute atomic E-state index is 0.0554. The molecule has 2 aromatic rings. The molecular weight excluding hydrogens is 452 g/mol. The summed E-state index contributed by atoms with van der Waals surface area (Å²) in [5.41, 5.74) is 0.616. The minimum atomic E-state index is -0.913. The zero-order valence-electron chi connectivity index (χ0n) is 20.5. The average molecular weight is 487 g/mol. The molecule has 10 heteroatoms. The van der Waals surface area contributed by atoms with Crippen LogP contribution in [0.1, 0.15) is 31.4 Å². The van der Waals surface area contributed by atoms with E-state index in [1.807, 2.05) is 6.92 Å². The van der Waals surface area contributed by atoms with Crippen molar-refractivity contribution in [2.75, 3.05) is 52.4 Å². The summed E-state index contributed by atoms with van der Waals surface area (Å²) in [6.45, 7) is 3.43. The quantitative estimate of drug-likeness (QED) is 0.370. The molecule has 0 radical (unpaired) electrons. The normalized spacial score (nSPS) is 11.4. The van der Waals surface area contributed by atoms with Crippen LogP contribution in [0.2, 0.25) is 0 Å². The maximum atomic E-state index is 13.3. The molecule has 0 bridgehead atoms. The Morgan fingerprint density at radius 1 is 1.00 bits per heavy atom. The van der Waals surface area contributed by atoms with E-state index >= 15 is 0 Å². The fourth-order valence-corrected chi connectivity index (χ4v) is 3.35. The average Bonchev–Trinajstić information content (AvgIpc) is 2.86. The number of aromatic nitrogens is 1. The Morgan fingerprint density at radius 2 is 1.74 bits per heavy atom. The molecule has 0 spiro atoms. The number of rotatable bonds is 15. The van der Waals surface area contributed by atoms with E-state index in [4.69, 9.17) is 14.2 Å². The van der Waals surface area contributed by atoms with Crippen LogP contribution >= 0.6 is 0 Å². The second-order valence-electron chi connectivity index (χ2n) is 7.53. The molecule has 0 aliphatic carbocycles. The number of nitrogens with zero attached hydrogens (tertiary/aromatic N) is 2. The van der Waals surface area contributed by atoms with Gasteiger partial charge in [0.25, 0.3) is 0 Å². The highest BCUT2D eigenvalue weighted by Gasteiger charge is 2.31. The zero-order valence-corrected chi connectivity index (χ0v) is 20.5. The van der Waals surface area contributed by atoms with Crippen LogP contribution in [0.25, 0.3) is 0 Å². The van der Waals surface area contributed by atoms with Crippen LogP contribution in [-0.4, -0.2) is 74.7 Å². The first-order chi connectivity index (χ1) is 17.0. The van der Waals surface area contributed by atoms with E-state index in [1.165, 1.54) is 12.0 Å². The molecule has 1 aromatic heterocycles. The van der Waals surface area contributed by atoms with Crippen LogP contribution < -0.4 is 15.4 Å². The molecule has 0 aliphatic heterocycles. The third-order valence-corrected chi connectivity index (χ3v) is 5.03. The summed E-state index contributed by atoms with van der Waals surface area (Å²) < 4.78 is 15.7. The van der Waals surface area contributed by atoms with Gasteiger partial charge in [-0.15, -0.1) is 0 Å². The number of pyridine rings is 1. The summed E-state index contributed by atoms with van der Waals surface area (Å²) >= 11 is 0. The van der Waals surface area contributed by atoms with Crippen molar-refractivity contribution in [2.24, 2.45) is 0 Å². The summed E-state index contributed by atoms with van der Waals surface area (Å²) in [5.74, 6) is 0.0280. The Labute approximate surface area is 206 Å². The van der Waals surface area contributed by atoms with Crippen LogP contribution in [0, 0.1) is 0 Å². The Balaban J connectivity index is 2.20. The summed E-state index contributed by atoms with van der Waals surface area (Å²) in [6, 6.07) is 11.3. The van der Waals surface area contributed by atoms with E-state index in [0.717, 1.165) is 0 Å². The van der Waals surface area contributed by atoms with Crippen molar-refractivity contribution in [1.29, 1.82) is 0 Å². The van der Waals surface area contributed by atoms with Gasteiger partial charge in [-0.05, 0) is 36.8 Å². The van der Waals surface area contributed by atoms with Gasteiger partial charge in [-0.3, -0.25) is 14.4 Å². The molecule has 190 valence electrons. The SMILES string of the molecule is CCOc1ccc([C@H](C(=O)NCCOC)N(CCOC)C(=O)CCC(=O)Nc2ccccn2)cc1. The number of anilines is 1. The number of hydrogen-bond acceptors (Lipinski definition) is 7. The molecule has 2 N–H and O–H groups in total. The predicted molar refractivity (Wildman–Crippen MR) is 131 cm³/mol. The van der Waals surface area contributed by atoms with E-state index in [1.54, 1.807) is 55.8 Å². The van der Waals surface area contributed by atoms with Gasteiger partial charge in [0.15, 0.2) is 0 Å². The number of benzene rings is 1. The standard InChI is InChI=1S/C25H34N4O6/c1-4-35-20-10-8-19(9-11-20)24(25(32)27-15-17-33-2)29(16-18-34-3)23(31)13-12-22(30)28-21-7-5-6-14-26-21/h5-11,14,24H,4,12-13,15-18H2,1-3H3,(H,27,32)(H,26,28,30)/t24-/m1/s1. The molecule has 0 unspecified atom stereocenters. The Bertz CT molecular complexity index is 923. The first-order valence-corrected chi connectivity index (χ1v) is 11.5. The number of hydrogen-bond donors (Lipinski definition) is 2. The van der Waals surface area contributed by atoms with Crippen molar-refractivity contribution >= 4 is 23.5 Å². The van der Waals surface area contributed by atoms with Gasteiger partial charge < -0.3 is 29.7 Å². The van der Waals surface area contributed by atoms with E-state index in [0.29, 0.717) is 36.9 Å². The highest BCUT2D eigenvalue weighted by atomic mass is 16.5. The van der Waals surface area contributed by atoms with Gasteiger partial charge in [0, 0.05) is 46.3 Å². The van der Waals surface area contributed by atoms with E-state index in [2.05, 4.69) is 15.6 Å². The zero-order chi connectivity index (χ0) is 25.5. The maximum Gasteiger partial charge on any atom is 0.247 e. The molecule has 0 aliphatic rings. The number of methoxy groups -OCH3 is 2. The van der Waals surface area contributed by atoms with Crippen molar-refractivity contribution in [1.82, 2.24) is 15.2 Å². The van der Waals surface area contributed by atoms with Crippen molar-refractivity contribution in [3.63, 3.8) is 0 Å². The fraction of sp³-hybridized carbons (Fsp3) is 0.440. The smallest absolute Gasteiger partial charge is 0.247 e. The van der Waals surface area contributed by atoms with Crippen LogP contribution in [0.5, 0.6) is 5.75 Å². The second kappa shape index (κ2) is 15.4. The highest BCUT2D eigenvalue weighted by molar-refractivity contribution is 5.94. The first kappa shape index (κ1) is 27.7. The molecule has 1 aromatic carbocycles. The molecular formula is C25H34N4O6. The van der Waals surface area contributed by atoms with E-state index in [-0.39, 0.29) is 43.7 Å². The fourth-order valence-electron chi connectivity index (χ4n) is 3.35. The van der Waals surface area contributed by atoms with Gasteiger partial charge >= 0.3 is 0 Å². The second-order valence-corrected chi connectivity index (χ2v) is 7.53. The number of ether oxygens (including phenoxy) is 3. The summed E-state index contributed by atoms with van der Waals surface area (Å²) in [4.78, 5) is 44.3. The van der Waals surface area contributed by atoms with Gasteiger partial charge in [0.05, 0.1) is 19.8 Å². The monoisotopic (exact) mass is 486 g/mol. The molecule has 0 saturated carbocycles. The minimum Gasteiger partial charge on any atom is -0.494 e. The maximum absolute atomic E-state index is 13.3. The third kappa shape index (κ3) is 9.34. The number of nitrogens with one attached hydrogen (secondary N) is 2. The van der Waals surface area contributed by atoms with Gasteiger partial charge in [0.1, 0.15) is 17.6 Å². The molecule has 0 saturated heterocycles. The Morgan fingerprint density at radius 3 is 2.37 bits per heavy atom. The largest absolute Gasteiger partial charge is 0.494 e. The van der Waals surface area contributed by atoms with Crippen molar-refractivity contribution in [3.05, 3.63) is 54.2 Å². The molecule has 0 fully saturated rings. The lowest BCUT2D eigenvalue weighted by Crippen LogP contribution is -2.45. The molecule has 1 heterocycles. The van der Waals surface area contributed by atoms with Crippen LogP contribution in [0.3, 0.4) is 0 Å². The number of carbonyl (C=O) groups excluding carboxylic acids is 3. The first-order valence-electron chi connectivity index (χ1n) is 11.5. The summed E-state index contributed by atoms with van der Waals surface area (Å²) in [7, 11) is 3.06. The van der Waals surface area contributed by atoms with Crippen molar-refractivity contribution < 1.29 is 28.6 Å². The van der Waals surface area contributed by atoms with Crippen LogP contribution in [0.15, 0.2) is 48.7 Å². The summed E-state index contributed by atoms with van der Waals surface area (Å²) in [5, 5.41) is 5.48. The van der Waals surface area contributed by atoms with Gasteiger partial charge in [0.2, 0.25) is 17.7 Å². The summed E-state index contributed by atoms with van der Waals surface area (Å²) in [6.07, 6.45) is 1.43. The lowest BCUT2D eigenvalue weighted by molar-refractivity contribution is -0.142. The molecule has 3 amide bonds. The highest BCUT2D eigenvalue weighted by Crippen LogP contribution is 2.25. The van der Waals surface area contributed by atoms with Gasteiger partial charge in [-0.1, -0.05) is 18.2 Å². The number of amides is 3. The molecule has 2 rings (SSSR count). The predicted octanol–water partition coefficient (Wildman–Crippen LogP) is 2.18. The van der Waals surface area contributed by atoms with Crippen molar-refractivity contribution in [2.45, 2.75) is 25.8 Å². The van der Waals surface area contributed by atoms with Gasteiger partial charge in [-0.2, -0.15) is 0 Å². The van der Waals surface area contributed by atoms with E-state index < -0.39 is 6.04 Å². The third-order valence-electron chi connectivity index (χ3n) is 5.03. The van der Waals surface area contributed by atoms with Crippen LogP contribution in [-0.2, 0) is 23.9 Å². The van der Waals surface area contributed by atoms with Crippen LogP contribution in [0.4, 0.5) is 5.82 Å². The Kier molecular flexibility index (Phi) is 12.2. The molecule has 1 atom stereocenters. The number of carbonyl (C=O) groups is 3. The topological polar surface area (TPSA) is 119 Å². The lowest BCUT2D eigenvalue weighted by atomic mass is 10.0.